The van der Waals surface area contributed by atoms with E-state index in [9.17, 15) is 9.90 Å². The Morgan fingerprint density at radius 1 is 1.24 bits per heavy atom. The van der Waals surface area contributed by atoms with Gasteiger partial charge in [-0.3, -0.25) is 4.79 Å². The lowest BCUT2D eigenvalue weighted by Crippen LogP contribution is -2.36. The molecule has 1 amide bonds. The number of imidazole rings is 1. The van der Waals surface area contributed by atoms with E-state index < -0.39 is 0 Å². The number of methoxy groups -OCH3 is 1. The highest BCUT2D eigenvalue weighted by Crippen LogP contribution is 2.33. The second kappa shape index (κ2) is 11.9. The number of aliphatic hydroxyl groups is 1. The number of aromatic nitrogens is 2. The molecule has 0 fully saturated rings. The lowest BCUT2D eigenvalue weighted by Gasteiger charge is -2.29. The van der Waals surface area contributed by atoms with E-state index in [2.05, 4.69) is 47.6 Å². The average Bonchev–Trinajstić information content (AvgIpc) is 3.36. The number of amides is 1. The van der Waals surface area contributed by atoms with Gasteiger partial charge in [0.25, 0.3) is 0 Å². The number of nitrogens with one attached hydrogen (secondary N) is 1. The summed E-state index contributed by atoms with van der Waals surface area (Å²) >= 11 is 0. The number of aryl methyl sites for hydroxylation is 1. The SMILES string of the molecule is COc1cc(/C=C(\CCCO)C(=O)NCC2(C)C=C(c3ccccc3)C=CC2)ccc1-n1cnc(C)c1. The molecule has 3 aromatic rings. The minimum absolute atomic E-state index is 0.0263. The summed E-state index contributed by atoms with van der Waals surface area (Å²) in [5.41, 5.74) is 5.43. The van der Waals surface area contributed by atoms with Crippen molar-refractivity contribution in [3.8, 4) is 11.4 Å². The number of rotatable bonds is 10. The van der Waals surface area contributed by atoms with Crippen LogP contribution in [0.4, 0.5) is 0 Å². The van der Waals surface area contributed by atoms with Crippen LogP contribution in [0.1, 0.15) is 43.0 Å². The minimum Gasteiger partial charge on any atom is -0.495 e. The van der Waals surface area contributed by atoms with Gasteiger partial charge in [-0.2, -0.15) is 0 Å². The summed E-state index contributed by atoms with van der Waals surface area (Å²) in [5, 5.41) is 12.6. The van der Waals surface area contributed by atoms with Gasteiger partial charge in [-0.15, -0.1) is 0 Å². The molecule has 0 saturated heterocycles. The number of benzene rings is 2. The van der Waals surface area contributed by atoms with Gasteiger partial charge in [0.15, 0.2) is 0 Å². The molecule has 1 atom stereocenters. The molecule has 1 unspecified atom stereocenters. The zero-order valence-electron chi connectivity index (χ0n) is 21.8. The number of allylic oxidation sites excluding steroid dienone is 3. The van der Waals surface area contributed by atoms with E-state index in [1.807, 2.05) is 60.2 Å². The molecule has 1 aliphatic rings. The van der Waals surface area contributed by atoms with Gasteiger partial charge in [0.05, 0.1) is 24.8 Å². The molecule has 0 bridgehead atoms. The predicted octanol–water partition coefficient (Wildman–Crippen LogP) is 5.51. The third kappa shape index (κ3) is 6.66. The van der Waals surface area contributed by atoms with Gasteiger partial charge in [-0.1, -0.05) is 61.5 Å². The quantitative estimate of drug-likeness (QED) is 0.362. The molecule has 6 nitrogen and oxygen atoms in total. The lowest BCUT2D eigenvalue weighted by molar-refractivity contribution is -0.117. The van der Waals surface area contributed by atoms with Crippen LogP contribution in [0.25, 0.3) is 17.3 Å². The van der Waals surface area contributed by atoms with E-state index in [4.69, 9.17) is 4.74 Å². The van der Waals surface area contributed by atoms with Crippen molar-refractivity contribution in [2.24, 2.45) is 5.41 Å². The largest absolute Gasteiger partial charge is 0.495 e. The summed E-state index contributed by atoms with van der Waals surface area (Å²) < 4.78 is 7.54. The lowest BCUT2D eigenvalue weighted by atomic mass is 9.80. The molecule has 1 heterocycles. The Morgan fingerprint density at radius 3 is 2.76 bits per heavy atom. The fraction of sp³-hybridized carbons (Fsp3) is 0.290. The molecule has 6 heteroatoms. The smallest absolute Gasteiger partial charge is 0.247 e. The number of hydrogen-bond acceptors (Lipinski definition) is 4. The molecule has 1 aromatic heterocycles. The molecule has 0 spiro atoms. The highest BCUT2D eigenvalue weighted by atomic mass is 16.5. The summed E-state index contributed by atoms with van der Waals surface area (Å²) in [6.07, 6.45) is 14.0. The third-order valence-corrected chi connectivity index (χ3v) is 6.58. The van der Waals surface area contributed by atoms with Crippen molar-refractivity contribution >= 4 is 17.6 Å². The molecule has 0 aliphatic heterocycles. The first-order valence-electron chi connectivity index (χ1n) is 12.6. The number of nitrogens with zero attached hydrogens (tertiary/aromatic N) is 2. The molecule has 2 N–H and O–H groups in total. The van der Waals surface area contributed by atoms with Crippen molar-refractivity contribution in [1.82, 2.24) is 14.9 Å². The normalized spacial score (nSPS) is 17.4. The standard InChI is InChI=1S/C31H35N3O3/c1-23-20-34(22-33-23)28-14-13-24(18-29(28)37-3)17-26(12-8-16-35)30(36)32-21-31(2)15-7-11-27(19-31)25-9-5-4-6-10-25/h4-7,9-11,13-14,17-20,22,35H,8,12,15-16,21H2,1-3H3,(H,32,36)/b26-17+. The molecule has 4 rings (SSSR count). The summed E-state index contributed by atoms with van der Waals surface area (Å²) in [6.45, 7) is 4.65. The third-order valence-electron chi connectivity index (χ3n) is 6.58. The van der Waals surface area contributed by atoms with Crippen LogP contribution in [0.5, 0.6) is 5.75 Å². The molecule has 37 heavy (non-hydrogen) atoms. The first kappa shape index (κ1) is 26.2. The summed E-state index contributed by atoms with van der Waals surface area (Å²) in [6, 6.07) is 16.1. The van der Waals surface area contributed by atoms with Gasteiger partial charge < -0.3 is 19.7 Å². The van der Waals surface area contributed by atoms with Crippen molar-refractivity contribution < 1.29 is 14.6 Å². The highest BCUT2D eigenvalue weighted by molar-refractivity contribution is 5.98. The maximum atomic E-state index is 13.3. The Kier molecular flexibility index (Phi) is 8.41. The van der Waals surface area contributed by atoms with Gasteiger partial charge >= 0.3 is 0 Å². The Labute approximate surface area is 219 Å². The van der Waals surface area contributed by atoms with Crippen molar-refractivity contribution in [3.05, 3.63) is 102 Å². The van der Waals surface area contributed by atoms with Crippen LogP contribution in [-0.4, -0.2) is 40.8 Å². The van der Waals surface area contributed by atoms with Gasteiger partial charge in [-0.05, 0) is 61.1 Å². The molecule has 1 aliphatic carbocycles. The average molecular weight is 498 g/mol. The van der Waals surface area contributed by atoms with Crippen molar-refractivity contribution in [2.45, 2.75) is 33.1 Å². The second-order valence-corrected chi connectivity index (χ2v) is 9.76. The van der Waals surface area contributed by atoms with Crippen LogP contribution in [0.15, 0.2) is 84.9 Å². The predicted molar refractivity (Wildman–Crippen MR) is 148 cm³/mol. The van der Waals surface area contributed by atoms with Crippen LogP contribution in [-0.2, 0) is 4.79 Å². The van der Waals surface area contributed by atoms with E-state index in [0.717, 1.165) is 23.4 Å². The van der Waals surface area contributed by atoms with Gasteiger partial charge in [0.2, 0.25) is 5.91 Å². The zero-order chi connectivity index (χ0) is 26.3. The van der Waals surface area contributed by atoms with Crippen molar-refractivity contribution in [3.63, 3.8) is 0 Å². The first-order valence-corrected chi connectivity index (χ1v) is 12.6. The Hall–Kier alpha value is -3.90. The highest BCUT2D eigenvalue weighted by Gasteiger charge is 2.25. The number of aliphatic hydroxyl groups excluding tert-OH is 1. The fourth-order valence-electron chi connectivity index (χ4n) is 4.54. The van der Waals surface area contributed by atoms with Crippen molar-refractivity contribution in [2.75, 3.05) is 20.3 Å². The Morgan fingerprint density at radius 2 is 2.05 bits per heavy atom. The van der Waals surface area contributed by atoms with E-state index in [-0.39, 0.29) is 17.9 Å². The molecule has 0 saturated carbocycles. The van der Waals surface area contributed by atoms with Gasteiger partial charge in [-0.25, -0.2) is 4.98 Å². The van der Waals surface area contributed by atoms with Crippen LogP contribution in [0, 0.1) is 12.3 Å². The van der Waals surface area contributed by atoms with E-state index in [1.54, 1.807) is 13.4 Å². The zero-order valence-corrected chi connectivity index (χ0v) is 21.8. The molecule has 2 aromatic carbocycles. The molecule has 0 radical (unpaired) electrons. The molecular weight excluding hydrogens is 462 g/mol. The monoisotopic (exact) mass is 497 g/mol. The number of hydrogen-bond donors (Lipinski definition) is 2. The van der Waals surface area contributed by atoms with E-state index in [1.165, 1.54) is 11.1 Å². The Balaban J connectivity index is 1.52. The van der Waals surface area contributed by atoms with Gasteiger partial charge in [0.1, 0.15) is 5.75 Å². The first-order chi connectivity index (χ1) is 17.9. The number of carbonyl (C=O) groups excluding carboxylic acids is 1. The fourth-order valence-corrected chi connectivity index (χ4v) is 4.54. The molecular formula is C31H35N3O3. The molecule has 192 valence electrons. The topological polar surface area (TPSA) is 76.4 Å². The van der Waals surface area contributed by atoms with Crippen LogP contribution in [0.3, 0.4) is 0 Å². The van der Waals surface area contributed by atoms with Gasteiger partial charge in [0, 0.05) is 30.3 Å². The maximum absolute atomic E-state index is 13.3. The van der Waals surface area contributed by atoms with E-state index >= 15 is 0 Å². The number of carbonyl (C=O) groups is 1. The van der Waals surface area contributed by atoms with Crippen molar-refractivity contribution in [1.29, 1.82) is 0 Å². The van der Waals surface area contributed by atoms with Crippen LogP contribution >= 0.6 is 0 Å². The van der Waals surface area contributed by atoms with Crippen LogP contribution in [0.2, 0.25) is 0 Å². The second-order valence-electron chi connectivity index (χ2n) is 9.76. The summed E-state index contributed by atoms with van der Waals surface area (Å²) in [4.78, 5) is 17.6. The number of ether oxygens (including phenoxy) is 1. The van der Waals surface area contributed by atoms with E-state index in [0.29, 0.717) is 30.7 Å². The minimum atomic E-state index is -0.189. The Bertz CT molecular complexity index is 1320. The summed E-state index contributed by atoms with van der Waals surface area (Å²) in [7, 11) is 1.63. The van der Waals surface area contributed by atoms with Crippen LogP contribution < -0.4 is 10.1 Å². The summed E-state index contributed by atoms with van der Waals surface area (Å²) in [5.74, 6) is 0.570. The maximum Gasteiger partial charge on any atom is 0.247 e.